The molecule has 8 heteroatoms. The number of amides is 1. The van der Waals surface area contributed by atoms with Crippen molar-refractivity contribution in [3.05, 3.63) is 57.2 Å². The van der Waals surface area contributed by atoms with Crippen LogP contribution in [0.2, 0.25) is 0 Å². The molecule has 0 spiro atoms. The Morgan fingerprint density at radius 1 is 1.12 bits per heavy atom. The van der Waals surface area contributed by atoms with Crippen LogP contribution < -0.4 is 10.6 Å². The Balaban J connectivity index is 1.53. The monoisotopic (exact) mass is 496 g/mol. The van der Waals surface area contributed by atoms with Crippen LogP contribution in [-0.4, -0.2) is 21.9 Å². The number of rotatable bonds is 6. The molecule has 2 N–H and O–H groups in total. The lowest BCUT2D eigenvalue weighted by molar-refractivity contribution is -0.113. The highest BCUT2D eigenvalue weighted by molar-refractivity contribution is 14.1. The Hall–Kier alpha value is -1.65. The van der Waals surface area contributed by atoms with Gasteiger partial charge in [0.25, 0.3) is 0 Å². The standard InChI is InChI=1S/C18H17IN4OS2/c1-11-6-7-15(8-12(11)2)21-17-22-23-18(26-17)25-10-16(24)20-14-5-3-4-13(19)9-14/h3-9H,10H2,1-2H3,(H,20,24)(H,21,22). The molecule has 0 saturated carbocycles. The summed E-state index contributed by atoms with van der Waals surface area (Å²) < 4.78 is 1.84. The highest BCUT2D eigenvalue weighted by Crippen LogP contribution is 2.28. The third-order valence-corrected chi connectivity index (χ3v) is 6.24. The summed E-state index contributed by atoms with van der Waals surface area (Å²) in [5.41, 5.74) is 4.26. The van der Waals surface area contributed by atoms with Crippen LogP contribution in [0.3, 0.4) is 0 Å². The molecule has 0 saturated heterocycles. The van der Waals surface area contributed by atoms with Gasteiger partial charge in [-0.05, 0) is 77.9 Å². The van der Waals surface area contributed by atoms with E-state index in [0.29, 0.717) is 10.9 Å². The van der Waals surface area contributed by atoms with Crippen LogP contribution in [0.1, 0.15) is 11.1 Å². The summed E-state index contributed by atoms with van der Waals surface area (Å²) in [5, 5.41) is 15.1. The molecule has 0 bridgehead atoms. The van der Waals surface area contributed by atoms with E-state index >= 15 is 0 Å². The number of hydrogen-bond donors (Lipinski definition) is 2. The van der Waals surface area contributed by atoms with Gasteiger partial charge in [-0.25, -0.2) is 0 Å². The van der Waals surface area contributed by atoms with Crippen molar-refractivity contribution in [1.29, 1.82) is 0 Å². The van der Waals surface area contributed by atoms with E-state index in [-0.39, 0.29) is 5.91 Å². The molecular weight excluding hydrogens is 479 g/mol. The molecule has 0 aliphatic rings. The van der Waals surface area contributed by atoms with Crippen LogP contribution >= 0.6 is 45.7 Å². The molecule has 0 aliphatic carbocycles. The lowest BCUT2D eigenvalue weighted by Gasteiger charge is -2.05. The zero-order valence-electron chi connectivity index (χ0n) is 14.2. The maximum Gasteiger partial charge on any atom is 0.234 e. The number of thioether (sulfide) groups is 1. The molecule has 1 aromatic heterocycles. The van der Waals surface area contributed by atoms with E-state index in [4.69, 9.17) is 0 Å². The van der Waals surface area contributed by atoms with Crippen LogP contribution in [0.15, 0.2) is 46.8 Å². The molecule has 2 aromatic carbocycles. The number of hydrogen-bond acceptors (Lipinski definition) is 6. The molecule has 134 valence electrons. The molecule has 5 nitrogen and oxygen atoms in total. The predicted molar refractivity (Wildman–Crippen MR) is 118 cm³/mol. The summed E-state index contributed by atoms with van der Waals surface area (Å²) in [6, 6.07) is 13.9. The Kier molecular flexibility index (Phi) is 6.49. The van der Waals surface area contributed by atoms with Crippen LogP contribution in [0.25, 0.3) is 0 Å². The SMILES string of the molecule is Cc1ccc(Nc2nnc(SCC(=O)Nc3cccc(I)c3)s2)cc1C. The maximum atomic E-state index is 12.1. The van der Waals surface area contributed by atoms with Crippen LogP contribution in [0, 0.1) is 17.4 Å². The van der Waals surface area contributed by atoms with Crippen molar-refractivity contribution in [3.63, 3.8) is 0 Å². The minimum absolute atomic E-state index is 0.0594. The number of carbonyl (C=O) groups is 1. The van der Waals surface area contributed by atoms with Gasteiger partial charge in [0.2, 0.25) is 11.0 Å². The second-order valence-corrected chi connectivity index (χ2v) is 9.09. The number of nitrogens with zero attached hydrogens (tertiary/aromatic N) is 2. The molecule has 26 heavy (non-hydrogen) atoms. The summed E-state index contributed by atoms with van der Waals surface area (Å²) >= 11 is 5.04. The van der Waals surface area contributed by atoms with Gasteiger partial charge in [0.15, 0.2) is 4.34 Å². The second kappa shape index (κ2) is 8.83. The molecule has 1 heterocycles. The number of aromatic nitrogens is 2. The van der Waals surface area contributed by atoms with Crippen molar-refractivity contribution >= 4 is 68.1 Å². The van der Waals surface area contributed by atoms with Gasteiger partial charge >= 0.3 is 0 Å². The normalized spacial score (nSPS) is 10.6. The van der Waals surface area contributed by atoms with Crippen LogP contribution in [0.5, 0.6) is 0 Å². The Morgan fingerprint density at radius 2 is 1.96 bits per heavy atom. The van der Waals surface area contributed by atoms with Gasteiger partial charge in [0.1, 0.15) is 0 Å². The quantitative estimate of drug-likeness (QED) is 0.361. The van der Waals surface area contributed by atoms with Gasteiger partial charge in [-0.1, -0.05) is 35.2 Å². The van der Waals surface area contributed by atoms with Crippen LogP contribution in [-0.2, 0) is 4.79 Å². The molecule has 0 radical (unpaired) electrons. The number of halogens is 1. The second-order valence-electron chi connectivity index (χ2n) is 5.64. The largest absolute Gasteiger partial charge is 0.330 e. The van der Waals surface area contributed by atoms with Gasteiger partial charge in [0.05, 0.1) is 5.75 Å². The fraction of sp³-hybridized carbons (Fsp3) is 0.167. The number of carbonyl (C=O) groups excluding carboxylic acids is 1. The summed E-state index contributed by atoms with van der Waals surface area (Å²) in [6.45, 7) is 4.16. The van der Waals surface area contributed by atoms with Gasteiger partial charge < -0.3 is 10.6 Å². The van der Waals surface area contributed by atoms with Crippen LogP contribution in [0.4, 0.5) is 16.5 Å². The molecule has 0 aliphatic heterocycles. The van der Waals surface area contributed by atoms with E-state index < -0.39 is 0 Å². The molecule has 0 fully saturated rings. The van der Waals surface area contributed by atoms with Gasteiger partial charge in [-0.2, -0.15) is 0 Å². The summed E-state index contributed by atoms with van der Waals surface area (Å²) in [6.07, 6.45) is 0. The first-order valence-corrected chi connectivity index (χ1v) is 10.7. The summed E-state index contributed by atoms with van der Waals surface area (Å²) in [5.74, 6) is 0.236. The number of nitrogens with one attached hydrogen (secondary N) is 2. The Morgan fingerprint density at radius 3 is 2.73 bits per heavy atom. The Bertz CT molecular complexity index is 929. The summed E-state index contributed by atoms with van der Waals surface area (Å²) in [7, 11) is 0. The zero-order valence-corrected chi connectivity index (χ0v) is 18.0. The molecule has 0 unspecified atom stereocenters. The van der Waals surface area contributed by atoms with E-state index in [2.05, 4.69) is 69.4 Å². The number of anilines is 3. The van der Waals surface area contributed by atoms with E-state index in [0.717, 1.165) is 19.3 Å². The van der Waals surface area contributed by atoms with E-state index in [1.165, 1.54) is 34.2 Å². The third kappa shape index (κ3) is 5.42. The zero-order chi connectivity index (χ0) is 18.5. The molecule has 0 atom stereocenters. The van der Waals surface area contributed by atoms with Crippen molar-refractivity contribution in [2.45, 2.75) is 18.2 Å². The lowest BCUT2D eigenvalue weighted by atomic mass is 10.1. The highest BCUT2D eigenvalue weighted by atomic mass is 127. The van der Waals surface area contributed by atoms with Gasteiger partial charge in [-0.3, -0.25) is 4.79 Å². The van der Waals surface area contributed by atoms with Crippen molar-refractivity contribution < 1.29 is 4.79 Å². The molecule has 1 amide bonds. The number of benzene rings is 2. The first-order chi connectivity index (χ1) is 12.5. The minimum Gasteiger partial charge on any atom is -0.330 e. The smallest absolute Gasteiger partial charge is 0.234 e. The summed E-state index contributed by atoms with van der Waals surface area (Å²) in [4.78, 5) is 12.1. The fourth-order valence-corrected chi connectivity index (χ4v) is 4.27. The lowest BCUT2D eigenvalue weighted by Crippen LogP contribution is -2.13. The van der Waals surface area contributed by atoms with E-state index in [1.807, 2.05) is 30.3 Å². The first kappa shape index (κ1) is 19.1. The fourth-order valence-electron chi connectivity index (χ4n) is 2.15. The average Bonchev–Trinajstić information content (AvgIpc) is 3.04. The highest BCUT2D eigenvalue weighted by Gasteiger charge is 2.09. The van der Waals surface area contributed by atoms with Gasteiger partial charge in [-0.15, -0.1) is 10.2 Å². The molecular formula is C18H17IN4OS2. The number of aryl methyl sites for hydroxylation is 2. The molecule has 3 aromatic rings. The Labute approximate surface area is 174 Å². The predicted octanol–water partition coefficient (Wildman–Crippen LogP) is 5.23. The van der Waals surface area contributed by atoms with Crippen molar-refractivity contribution in [2.24, 2.45) is 0 Å². The third-order valence-electron chi connectivity index (χ3n) is 3.60. The van der Waals surface area contributed by atoms with Crippen molar-refractivity contribution in [1.82, 2.24) is 10.2 Å². The van der Waals surface area contributed by atoms with Crippen molar-refractivity contribution in [3.8, 4) is 0 Å². The topological polar surface area (TPSA) is 66.9 Å². The van der Waals surface area contributed by atoms with Gasteiger partial charge in [0, 0.05) is 14.9 Å². The maximum absolute atomic E-state index is 12.1. The van der Waals surface area contributed by atoms with Crippen molar-refractivity contribution in [2.75, 3.05) is 16.4 Å². The van der Waals surface area contributed by atoms with E-state index in [1.54, 1.807) is 0 Å². The van der Waals surface area contributed by atoms with E-state index in [9.17, 15) is 4.79 Å². The average molecular weight is 496 g/mol. The first-order valence-electron chi connectivity index (χ1n) is 7.85. The minimum atomic E-state index is -0.0594. The molecule has 3 rings (SSSR count).